The molecule has 1 aromatic rings. The zero-order chi connectivity index (χ0) is 12.4. The summed E-state index contributed by atoms with van der Waals surface area (Å²) in [6, 6.07) is 0.481. The molecule has 100 valence electrons. The molecule has 0 bridgehead atoms. The minimum absolute atomic E-state index is 0.481. The number of hydrogen-bond donors (Lipinski definition) is 1. The molecule has 4 heteroatoms. The second-order valence-corrected chi connectivity index (χ2v) is 6.59. The van der Waals surface area contributed by atoms with Crippen molar-refractivity contribution in [3.8, 4) is 0 Å². The van der Waals surface area contributed by atoms with Gasteiger partial charge < -0.3 is 10.1 Å². The fraction of sp³-hybridized carbons (Fsp3) is 0.786. The van der Waals surface area contributed by atoms with Crippen LogP contribution in [0.1, 0.15) is 47.2 Å². The van der Waals surface area contributed by atoms with E-state index in [1.165, 1.54) is 41.3 Å². The molecule has 3 nitrogen and oxygen atoms in total. The van der Waals surface area contributed by atoms with Crippen LogP contribution < -0.4 is 5.32 Å². The first kappa shape index (κ1) is 12.6. The Kier molecular flexibility index (Phi) is 3.97. The smallest absolute Gasteiger partial charge is 0.0961 e. The molecular weight excluding hydrogens is 244 g/mol. The highest BCUT2D eigenvalue weighted by Crippen LogP contribution is 2.37. The summed E-state index contributed by atoms with van der Waals surface area (Å²) in [4.78, 5) is 6.27. The summed E-state index contributed by atoms with van der Waals surface area (Å²) < 4.78 is 5.52. The molecule has 0 radical (unpaired) electrons. The van der Waals surface area contributed by atoms with Gasteiger partial charge >= 0.3 is 0 Å². The maximum absolute atomic E-state index is 5.52. The number of nitrogens with one attached hydrogen (secondary N) is 1. The summed E-state index contributed by atoms with van der Waals surface area (Å²) in [7, 11) is 0. The highest BCUT2D eigenvalue weighted by Gasteiger charge is 2.23. The van der Waals surface area contributed by atoms with Crippen LogP contribution in [-0.4, -0.2) is 30.8 Å². The molecule has 0 amide bonds. The van der Waals surface area contributed by atoms with E-state index in [2.05, 4.69) is 12.2 Å². The van der Waals surface area contributed by atoms with E-state index >= 15 is 0 Å². The lowest BCUT2D eigenvalue weighted by atomic mass is 10.1. The molecule has 1 unspecified atom stereocenters. The lowest BCUT2D eigenvalue weighted by molar-refractivity contribution is 0.0772. The Morgan fingerprint density at radius 3 is 2.94 bits per heavy atom. The number of aromatic nitrogens is 1. The van der Waals surface area contributed by atoms with Crippen LogP contribution in [0.2, 0.25) is 0 Å². The van der Waals surface area contributed by atoms with Crippen molar-refractivity contribution in [1.29, 1.82) is 0 Å². The molecular formula is C14H22N2OS. The first-order chi connectivity index (χ1) is 8.83. The summed E-state index contributed by atoms with van der Waals surface area (Å²) in [6.45, 7) is 4.84. The van der Waals surface area contributed by atoms with Gasteiger partial charge in [-0.15, -0.1) is 11.3 Å². The van der Waals surface area contributed by atoms with Crippen LogP contribution in [0.15, 0.2) is 0 Å². The van der Waals surface area contributed by atoms with Gasteiger partial charge in [0.15, 0.2) is 0 Å². The van der Waals surface area contributed by atoms with Crippen LogP contribution >= 0.6 is 11.3 Å². The van der Waals surface area contributed by atoms with Gasteiger partial charge in [0, 0.05) is 29.8 Å². The van der Waals surface area contributed by atoms with E-state index in [0.717, 1.165) is 32.1 Å². The van der Waals surface area contributed by atoms with Gasteiger partial charge in [0.25, 0.3) is 0 Å². The van der Waals surface area contributed by atoms with Crippen molar-refractivity contribution in [3.05, 3.63) is 15.6 Å². The number of ether oxygens (including phenoxy) is 1. The Balaban J connectivity index is 1.67. The Hall–Kier alpha value is -0.450. The molecule has 0 aromatic carbocycles. The summed E-state index contributed by atoms with van der Waals surface area (Å²) in [6.07, 6.45) is 6.54. The van der Waals surface area contributed by atoms with Crippen LogP contribution in [0.5, 0.6) is 0 Å². The van der Waals surface area contributed by atoms with E-state index in [9.17, 15) is 0 Å². The van der Waals surface area contributed by atoms with Crippen LogP contribution in [0.4, 0.5) is 0 Å². The van der Waals surface area contributed by atoms with E-state index in [1.807, 2.05) is 11.3 Å². The molecule has 1 N–H and O–H groups in total. The Morgan fingerprint density at radius 2 is 2.22 bits per heavy atom. The van der Waals surface area contributed by atoms with Crippen molar-refractivity contribution < 1.29 is 4.74 Å². The van der Waals surface area contributed by atoms with E-state index in [4.69, 9.17) is 9.72 Å². The molecule has 1 aromatic heterocycles. The molecule has 1 aliphatic heterocycles. The van der Waals surface area contributed by atoms with Gasteiger partial charge in [-0.25, -0.2) is 4.98 Å². The standard InChI is InChI=1S/C14H22N2OS/c1-10-13(8-12-9-17-7-6-15-12)18-14(16-10)11-4-2-3-5-11/h11-12,15H,2-9H2,1H3. The molecule has 2 aliphatic rings. The second-order valence-electron chi connectivity index (χ2n) is 5.47. The molecule has 1 aliphatic carbocycles. The predicted molar refractivity (Wildman–Crippen MR) is 74.4 cm³/mol. The van der Waals surface area contributed by atoms with Crippen molar-refractivity contribution in [2.45, 2.75) is 51.0 Å². The zero-order valence-electron chi connectivity index (χ0n) is 11.1. The van der Waals surface area contributed by atoms with Crippen molar-refractivity contribution in [2.24, 2.45) is 0 Å². The summed E-state index contributed by atoms with van der Waals surface area (Å²) in [5.74, 6) is 0.748. The lowest BCUT2D eigenvalue weighted by Crippen LogP contribution is -2.42. The van der Waals surface area contributed by atoms with Gasteiger partial charge in [-0.3, -0.25) is 0 Å². The molecule has 2 heterocycles. The average Bonchev–Trinajstić information content (AvgIpc) is 3.01. The third-order valence-electron chi connectivity index (χ3n) is 4.04. The third kappa shape index (κ3) is 2.76. The predicted octanol–water partition coefficient (Wildman–Crippen LogP) is 2.64. The van der Waals surface area contributed by atoms with E-state index in [1.54, 1.807) is 0 Å². The monoisotopic (exact) mass is 266 g/mol. The van der Waals surface area contributed by atoms with Gasteiger partial charge in [-0.1, -0.05) is 12.8 Å². The molecule has 1 saturated heterocycles. The maximum atomic E-state index is 5.52. The highest BCUT2D eigenvalue weighted by atomic mass is 32.1. The second kappa shape index (κ2) is 5.68. The van der Waals surface area contributed by atoms with Crippen molar-refractivity contribution >= 4 is 11.3 Å². The topological polar surface area (TPSA) is 34.1 Å². The number of hydrogen-bond acceptors (Lipinski definition) is 4. The summed E-state index contributed by atoms with van der Waals surface area (Å²) in [5, 5.41) is 4.91. The Bertz CT molecular complexity index is 392. The number of nitrogens with zero attached hydrogens (tertiary/aromatic N) is 1. The fourth-order valence-electron chi connectivity index (χ4n) is 2.96. The van der Waals surface area contributed by atoms with Gasteiger partial charge in [0.05, 0.1) is 23.9 Å². The van der Waals surface area contributed by atoms with Crippen molar-refractivity contribution in [2.75, 3.05) is 19.8 Å². The number of rotatable bonds is 3. The van der Waals surface area contributed by atoms with E-state index in [-0.39, 0.29) is 0 Å². The van der Waals surface area contributed by atoms with Crippen LogP contribution in [-0.2, 0) is 11.2 Å². The molecule has 1 atom stereocenters. The van der Waals surface area contributed by atoms with E-state index < -0.39 is 0 Å². The normalized spacial score (nSPS) is 25.7. The van der Waals surface area contributed by atoms with Crippen LogP contribution in [0.3, 0.4) is 0 Å². The number of thiazole rings is 1. The van der Waals surface area contributed by atoms with Crippen LogP contribution in [0, 0.1) is 6.92 Å². The molecule has 0 spiro atoms. The van der Waals surface area contributed by atoms with E-state index in [0.29, 0.717) is 6.04 Å². The molecule has 1 saturated carbocycles. The third-order valence-corrected chi connectivity index (χ3v) is 5.39. The number of morpholine rings is 1. The van der Waals surface area contributed by atoms with Gasteiger partial charge in [-0.05, 0) is 19.8 Å². The maximum Gasteiger partial charge on any atom is 0.0961 e. The summed E-state index contributed by atoms with van der Waals surface area (Å²) >= 11 is 1.94. The number of aryl methyl sites for hydroxylation is 1. The molecule has 2 fully saturated rings. The first-order valence-corrected chi connectivity index (χ1v) is 7.92. The minimum atomic E-state index is 0.481. The summed E-state index contributed by atoms with van der Waals surface area (Å²) in [5.41, 5.74) is 1.24. The van der Waals surface area contributed by atoms with Crippen molar-refractivity contribution in [1.82, 2.24) is 10.3 Å². The van der Waals surface area contributed by atoms with Gasteiger partial charge in [-0.2, -0.15) is 0 Å². The van der Waals surface area contributed by atoms with Gasteiger partial charge in [0.1, 0.15) is 0 Å². The zero-order valence-corrected chi connectivity index (χ0v) is 11.9. The molecule has 18 heavy (non-hydrogen) atoms. The SMILES string of the molecule is Cc1nc(C2CCCC2)sc1CC1COCCN1. The average molecular weight is 266 g/mol. The quantitative estimate of drug-likeness (QED) is 0.913. The highest BCUT2D eigenvalue weighted by molar-refractivity contribution is 7.11. The molecule has 3 rings (SSSR count). The fourth-order valence-corrected chi connectivity index (χ4v) is 4.28. The largest absolute Gasteiger partial charge is 0.379 e. The Morgan fingerprint density at radius 1 is 1.39 bits per heavy atom. The Labute approximate surface area is 113 Å². The van der Waals surface area contributed by atoms with Gasteiger partial charge in [0.2, 0.25) is 0 Å². The lowest BCUT2D eigenvalue weighted by Gasteiger charge is -2.23. The van der Waals surface area contributed by atoms with Crippen molar-refractivity contribution in [3.63, 3.8) is 0 Å². The first-order valence-electron chi connectivity index (χ1n) is 7.10. The minimum Gasteiger partial charge on any atom is -0.379 e. The van der Waals surface area contributed by atoms with Crippen LogP contribution in [0.25, 0.3) is 0 Å².